The number of nitrogens with one attached hydrogen (secondary N) is 1. The van der Waals surface area contributed by atoms with Gasteiger partial charge in [-0.2, -0.15) is 0 Å². The summed E-state index contributed by atoms with van der Waals surface area (Å²) < 4.78 is 53.0. The lowest BCUT2D eigenvalue weighted by Crippen LogP contribution is -2.07. The number of rotatable bonds is 3. The summed E-state index contributed by atoms with van der Waals surface area (Å²) in [5.41, 5.74) is 3.82. The number of nitrogen functional groups attached to an aromatic ring is 1. The topological polar surface area (TPSA) is 88.2 Å². The van der Waals surface area contributed by atoms with Crippen LogP contribution in [0.3, 0.4) is 0 Å². The third kappa shape index (κ3) is 2.71. The molecule has 1 aromatic carbocycles. The summed E-state index contributed by atoms with van der Waals surface area (Å²) >= 11 is 0. The molecular formula is C12H7F4N3O2. The fourth-order valence-electron chi connectivity index (χ4n) is 1.50. The number of halogens is 4. The van der Waals surface area contributed by atoms with E-state index in [9.17, 15) is 22.4 Å². The van der Waals surface area contributed by atoms with Crippen molar-refractivity contribution in [3.63, 3.8) is 0 Å². The van der Waals surface area contributed by atoms with E-state index >= 15 is 0 Å². The van der Waals surface area contributed by atoms with Crippen LogP contribution in [-0.4, -0.2) is 16.1 Å². The molecule has 0 atom stereocenters. The van der Waals surface area contributed by atoms with Gasteiger partial charge in [0.15, 0.2) is 29.1 Å². The van der Waals surface area contributed by atoms with Crippen molar-refractivity contribution in [1.82, 2.24) is 4.98 Å². The molecule has 0 saturated carbocycles. The first-order valence-electron chi connectivity index (χ1n) is 5.40. The maximum absolute atomic E-state index is 13.5. The predicted molar refractivity (Wildman–Crippen MR) is 65.2 cm³/mol. The van der Waals surface area contributed by atoms with Crippen LogP contribution in [0, 0.1) is 23.3 Å². The van der Waals surface area contributed by atoms with Crippen LogP contribution in [-0.2, 0) is 0 Å². The van der Waals surface area contributed by atoms with E-state index in [0.29, 0.717) is 0 Å². The van der Waals surface area contributed by atoms with E-state index in [2.05, 4.69) is 4.98 Å². The molecule has 0 amide bonds. The van der Waals surface area contributed by atoms with Crippen molar-refractivity contribution in [2.24, 2.45) is 0 Å². The van der Waals surface area contributed by atoms with Crippen LogP contribution in [0.5, 0.6) is 0 Å². The van der Waals surface area contributed by atoms with Gasteiger partial charge in [0.25, 0.3) is 0 Å². The Hall–Kier alpha value is -2.84. The van der Waals surface area contributed by atoms with Gasteiger partial charge >= 0.3 is 5.97 Å². The van der Waals surface area contributed by atoms with E-state index in [1.807, 2.05) is 5.32 Å². The minimum Gasteiger partial charge on any atom is -0.478 e. The van der Waals surface area contributed by atoms with E-state index < -0.39 is 34.9 Å². The SMILES string of the molecule is Nc1cc(C(=O)O)cnc1Nc1c(F)c(F)cc(F)c1F. The van der Waals surface area contributed by atoms with Gasteiger partial charge in [0.2, 0.25) is 0 Å². The first kappa shape index (κ1) is 14.6. The highest BCUT2D eigenvalue weighted by atomic mass is 19.2. The molecule has 0 aliphatic carbocycles. The molecule has 5 nitrogen and oxygen atoms in total. The molecule has 0 bridgehead atoms. The van der Waals surface area contributed by atoms with Gasteiger partial charge in [-0.05, 0) is 6.07 Å². The minimum absolute atomic E-state index is 0.0557. The molecule has 0 aliphatic heterocycles. The average Bonchev–Trinajstić information content (AvgIpc) is 2.42. The van der Waals surface area contributed by atoms with E-state index in [1.165, 1.54) is 0 Å². The molecule has 21 heavy (non-hydrogen) atoms. The second kappa shape index (κ2) is 5.27. The zero-order valence-corrected chi connectivity index (χ0v) is 10.1. The highest BCUT2D eigenvalue weighted by Gasteiger charge is 2.20. The van der Waals surface area contributed by atoms with Gasteiger partial charge < -0.3 is 16.2 Å². The molecule has 0 fully saturated rings. The first-order valence-corrected chi connectivity index (χ1v) is 5.40. The number of hydrogen-bond donors (Lipinski definition) is 3. The number of hydrogen-bond acceptors (Lipinski definition) is 4. The molecule has 2 rings (SSSR count). The highest BCUT2D eigenvalue weighted by molar-refractivity contribution is 5.89. The molecule has 0 aliphatic rings. The van der Waals surface area contributed by atoms with Crippen molar-refractivity contribution < 1.29 is 27.5 Å². The summed E-state index contributed by atoms with van der Waals surface area (Å²) in [5.74, 6) is -8.17. The summed E-state index contributed by atoms with van der Waals surface area (Å²) in [6, 6.07) is 1.03. The van der Waals surface area contributed by atoms with Crippen molar-refractivity contribution in [3.8, 4) is 0 Å². The van der Waals surface area contributed by atoms with Crippen molar-refractivity contribution in [3.05, 3.63) is 47.2 Å². The van der Waals surface area contributed by atoms with Crippen LogP contribution < -0.4 is 11.1 Å². The Morgan fingerprint density at radius 1 is 1.14 bits per heavy atom. The standard InChI is InChI=1S/C12H7F4N3O2/c13-5-2-6(14)9(16)10(8(5)15)19-11-7(17)1-4(3-18-11)12(20)21/h1-3H,17H2,(H,18,19)(H,20,21). The molecule has 0 spiro atoms. The molecule has 0 radical (unpaired) electrons. The van der Waals surface area contributed by atoms with Crippen LogP contribution in [0.2, 0.25) is 0 Å². The summed E-state index contributed by atoms with van der Waals surface area (Å²) in [7, 11) is 0. The smallest absolute Gasteiger partial charge is 0.337 e. The van der Waals surface area contributed by atoms with Crippen molar-refractivity contribution in [2.45, 2.75) is 0 Å². The lowest BCUT2D eigenvalue weighted by Gasteiger charge is -2.11. The molecule has 1 aromatic heterocycles. The van der Waals surface area contributed by atoms with Crippen LogP contribution in [0.15, 0.2) is 18.3 Å². The molecule has 0 unspecified atom stereocenters. The highest BCUT2D eigenvalue weighted by Crippen LogP contribution is 2.29. The van der Waals surface area contributed by atoms with E-state index in [0.717, 1.165) is 12.3 Å². The zero-order chi connectivity index (χ0) is 15.7. The van der Waals surface area contributed by atoms with Gasteiger partial charge in [-0.3, -0.25) is 0 Å². The lowest BCUT2D eigenvalue weighted by atomic mass is 10.2. The normalized spacial score (nSPS) is 10.5. The number of nitrogens with zero attached hydrogens (tertiary/aromatic N) is 1. The van der Waals surface area contributed by atoms with Gasteiger partial charge in [-0.1, -0.05) is 0 Å². The van der Waals surface area contributed by atoms with Gasteiger partial charge in [0.05, 0.1) is 11.3 Å². The lowest BCUT2D eigenvalue weighted by molar-refractivity contribution is 0.0696. The van der Waals surface area contributed by atoms with E-state index in [1.54, 1.807) is 0 Å². The molecule has 110 valence electrons. The van der Waals surface area contributed by atoms with Crippen LogP contribution in [0.4, 0.5) is 34.8 Å². The molecule has 0 saturated heterocycles. The number of nitrogens with two attached hydrogens (primary N) is 1. The van der Waals surface area contributed by atoms with E-state index in [4.69, 9.17) is 10.8 Å². The number of aromatic nitrogens is 1. The number of carboxylic acid groups (broad SMARTS) is 1. The predicted octanol–water partition coefficient (Wildman–Crippen LogP) is 2.66. The maximum atomic E-state index is 13.5. The quantitative estimate of drug-likeness (QED) is 0.599. The number of carbonyl (C=O) groups is 1. The third-order valence-electron chi connectivity index (χ3n) is 2.52. The van der Waals surface area contributed by atoms with Crippen LogP contribution in [0.1, 0.15) is 10.4 Å². The average molecular weight is 301 g/mol. The third-order valence-corrected chi connectivity index (χ3v) is 2.52. The van der Waals surface area contributed by atoms with Crippen molar-refractivity contribution in [1.29, 1.82) is 0 Å². The largest absolute Gasteiger partial charge is 0.478 e. The number of benzene rings is 1. The number of aromatic carboxylic acids is 1. The van der Waals surface area contributed by atoms with Crippen LogP contribution >= 0.6 is 0 Å². The molecule has 4 N–H and O–H groups in total. The molecule has 1 heterocycles. The van der Waals surface area contributed by atoms with Crippen molar-refractivity contribution in [2.75, 3.05) is 11.1 Å². The summed E-state index contributed by atoms with van der Waals surface area (Å²) in [6.45, 7) is 0. The van der Waals surface area contributed by atoms with Gasteiger partial charge in [-0.15, -0.1) is 0 Å². The van der Waals surface area contributed by atoms with Gasteiger partial charge in [0.1, 0.15) is 5.69 Å². The molecule has 2 aromatic rings. The Balaban J connectivity index is 2.46. The Bertz CT molecular complexity index is 711. The monoisotopic (exact) mass is 301 g/mol. The Labute approximate surface area is 115 Å². The summed E-state index contributed by atoms with van der Waals surface area (Å²) in [6.07, 6.45) is 0.868. The van der Waals surface area contributed by atoms with E-state index in [-0.39, 0.29) is 23.1 Å². The number of anilines is 3. The van der Waals surface area contributed by atoms with Crippen LogP contribution in [0.25, 0.3) is 0 Å². The van der Waals surface area contributed by atoms with Gasteiger partial charge in [0, 0.05) is 12.3 Å². The first-order chi connectivity index (χ1) is 9.81. The Kier molecular flexibility index (Phi) is 3.66. The van der Waals surface area contributed by atoms with Crippen molar-refractivity contribution >= 4 is 23.2 Å². The zero-order valence-electron chi connectivity index (χ0n) is 10.1. The maximum Gasteiger partial charge on any atom is 0.337 e. The second-order valence-corrected chi connectivity index (χ2v) is 3.94. The van der Waals surface area contributed by atoms with Gasteiger partial charge in [-0.25, -0.2) is 27.3 Å². The summed E-state index contributed by atoms with van der Waals surface area (Å²) in [4.78, 5) is 14.2. The Morgan fingerprint density at radius 3 is 2.19 bits per heavy atom. The molecule has 9 heteroatoms. The fourth-order valence-corrected chi connectivity index (χ4v) is 1.50. The number of pyridine rings is 1. The Morgan fingerprint density at radius 2 is 1.71 bits per heavy atom. The number of carboxylic acids is 1. The minimum atomic E-state index is -1.66. The molecular weight excluding hydrogens is 294 g/mol. The summed E-state index contributed by atoms with van der Waals surface area (Å²) in [5, 5.41) is 10.7. The fraction of sp³-hybridized carbons (Fsp3) is 0. The second-order valence-electron chi connectivity index (χ2n) is 3.94.